The largest absolute Gasteiger partial charge is 0.450 e. The molecule has 4 aromatic rings. The van der Waals surface area contributed by atoms with Crippen molar-refractivity contribution in [2.45, 2.75) is 6.18 Å². The zero-order valence-corrected chi connectivity index (χ0v) is 18.8. The third-order valence-corrected chi connectivity index (χ3v) is 5.28. The molecule has 4 heterocycles. The number of aromatic nitrogens is 5. The lowest BCUT2D eigenvalue weighted by molar-refractivity contribution is -0.138. The topological polar surface area (TPSA) is 113 Å². The molecule has 9 nitrogen and oxygen atoms in total. The third-order valence-electron chi connectivity index (χ3n) is 4.91. The number of alkyl halides is 3. The molecule has 0 spiro atoms. The van der Waals surface area contributed by atoms with Gasteiger partial charge in [-0.05, 0) is 18.2 Å². The van der Waals surface area contributed by atoms with Crippen LogP contribution in [0.5, 0.6) is 5.75 Å². The Hall–Kier alpha value is -4.13. The van der Waals surface area contributed by atoms with Gasteiger partial charge in [-0.2, -0.15) is 18.2 Å². The summed E-state index contributed by atoms with van der Waals surface area (Å²) in [5.74, 6) is -0.401. The quantitative estimate of drug-likeness (QED) is 0.309. The fraction of sp³-hybridized carbons (Fsp3) is 0.143. The van der Waals surface area contributed by atoms with E-state index in [1.54, 1.807) is 0 Å². The molecule has 0 saturated heterocycles. The van der Waals surface area contributed by atoms with Gasteiger partial charge in [0.15, 0.2) is 17.2 Å². The van der Waals surface area contributed by atoms with Gasteiger partial charge in [0, 0.05) is 26.5 Å². The van der Waals surface area contributed by atoms with Crippen molar-refractivity contribution < 1.29 is 22.3 Å². The van der Waals surface area contributed by atoms with E-state index < -0.39 is 23.1 Å². The molecular formula is C21H16ClF4N7O2. The minimum atomic E-state index is -4.65. The Balaban J connectivity index is 1.72. The molecule has 182 valence electrons. The third kappa shape index (κ3) is 4.62. The van der Waals surface area contributed by atoms with Crippen LogP contribution in [0.3, 0.4) is 0 Å². The van der Waals surface area contributed by atoms with Crippen LogP contribution in [0.1, 0.15) is 11.3 Å². The molecular weight excluding hydrogens is 494 g/mol. The summed E-state index contributed by atoms with van der Waals surface area (Å²) in [4.78, 5) is 24.7. The Labute approximate surface area is 199 Å². The van der Waals surface area contributed by atoms with Crippen LogP contribution in [0.25, 0.3) is 16.9 Å². The number of nitrogens with one attached hydrogen (secondary N) is 1. The molecule has 3 N–H and O–H groups in total. The maximum Gasteiger partial charge on any atom is 0.417 e. The van der Waals surface area contributed by atoms with E-state index in [0.717, 1.165) is 17.0 Å². The molecule has 0 fully saturated rings. The average molecular weight is 510 g/mol. The van der Waals surface area contributed by atoms with E-state index in [4.69, 9.17) is 22.1 Å². The highest BCUT2D eigenvalue weighted by Crippen LogP contribution is 2.35. The van der Waals surface area contributed by atoms with E-state index in [1.165, 1.54) is 37.0 Å². The Bertz CT molecular complexity index is 1510. The van der Waals surface area contributed by atoms with Gasteiger partial charge < -0.3 is 24.9 Å². The van der Waals surface area contributed by atoms with Gasteiger partial charge in [0.1, 0.15) is 27.7 Å². The van der Waals surface area contributed by atoms with Crippen LogP contribution in [0, 0.1) is 5.82 Å². The Kier molecular flexibility index (Phi) is 6.11. The summed E-state index contributed by atoms with van der Waals surface area (Å²) in [6, 6.07) is 3.23. The first-order valence-electron chi connectivity index (χ1n) is 9.77. The molecule has 0 aliphatic rings. The molecule has 35 heavy (non-hydrogen) atoms. The minimum Gasteiger partial charge on any atom is -0.450 e. The van der Waals surface area contributed by atoms with Crippen LogP contribution in [0.4, 0.5) is 29.2 Å². The van der Waals surface area contributed by atoms with E-state index in [9.17, 15) is 22.4 Å². The lowest BCUT2D eigenvalue weighted by Gasteiger charge is -2.12. The fourth-order valence-electron chi connectivity index (χ4n) is 3.18. The number of fused-ring (bicyclic) bond motifs is 1. The summed E-state index contributed by atoms with van der Waals surface area (Å²) in [7, 11) is 2.73. The summed E-state index contributed by atoms with van der Waals surface area (Å²) in [6.07, 6.45) is -0.595. The van der Waals surface area contributed by atoms with Crippen LogP contribution in [0.2, 0.25) is 5.02 Å². The second-order valence-electron chi connectivity index (χ2n) is 7.28. The molecule has 0 saturated carbocycles. The van der Waals surface area contributed by atoms with Crippen LogP contribution < -0.4 is 21.3 Å². The standard InChI is InChI=1S/C21H16ClF4N7O2/c1-32-9-10(21(24,25)26)5-13(19(32)34)30-20-31-18-17(33(20)2)16(22)15(8-29-18)35-14(6-27)12-4-3-11(23)7-28-12/h3-9H,27H2,1-2H3,(H,29,30,31). The van der Waals surface area contributed by atoms with Crippen LogP contribution in [-0.2, 0) is 20.3 Å². The van der Waals surface area contributed by atoms with Gasteiger partial charge in [-0.1, -0.05) is 11.6 Å². The van der Waals surface area contributed by atoms with E-state index in [1.807, 2.05) is 0 Å². The van der Waals surface area contributed by atoms with Gasteiger partial charge in [-0.15, -0.1) is 0 Å². The van der Waals surface area contributed by atoms with Crippen molar-refractivity contribution in [3.63, 3.8) is 0 Å². The van der Waals surface area contributed by atoms with E-state index in [-0.39, 0.29) is 45.0 Å². The number of nitrogens with zero attached hydrogens (tertiary/aromatic N) is 5. The summed E-state index contributed by atoms with van der Waals surface area (Å²) in [6.45, 7) is 0. The minimum absolute atomic E-state index is 0.0118. The molecule has 4 rings (SSSR count). The van der Waals surface area contributed by atoms with E-state index in [0.29, 0.717) is 12.3 Å². The number of imidazole rings is 1. The van der Waals surface area contributed by atoms with Crippen molar-refractivity contribution in [2.75, 3.05) is 5.32 Å². The molecule has 14 heteroatoms. The van der Waals surface area contributed by atoms with Crippen LogP contribution in [0.15, 0.2) is 47.8 Å². The molecule has 0 atom stereocenters. The summed E-state index contributed by atoms with van der Waals surface area (Å²) >= 11 is 6.50. The number of pyridine rings is 3. The normalized spacial score (nSPS) is 12.3. The smallest absolute Gasteiger partial charge is 0.417 e. The molecule has 0 bridgehead atoms. The van der Waals surface area contributed by atoms with Crippen molar-refractivity contribution in [3.05, 3.63) is 75.4 Å². The van der Waals surface area contributed by atoms with Gasteiger partial charge in [0.25, 0.3) is 5.56 Å². The lowest BCUT2D eigenvalue weighted by atomic mass is 10.2. The number of hydrogen-bond acceptors (Lipinski definition) is 7. The molecule has 0 aliphatic carbocycles. The number of nitrogens with two attached hydrogens (primary N) is 1. The Morgan fingerprint density at radius 2 is 1.97 bits per heavy atom. The predicted octanol–water partition coefficient (Wildman–Crippen LogP) is 3.95. The second-order valence-corrected chi connectivity index (χ2v) is 7.66. The van der Waals surface area contributed by atoms with Crippen molar-refractivity contribution in [1.82, 2.24) is 24.1 Å². The molecule has 4 aromatic heterocycles. The first kappa shape index (κ1) is 24.0. The first-order chi connectivity index (χ1) is 16.5. The number of anilines is 2. The average Bonchev–Trinajstić information content (AvgIpc) is 3.12. The zero-order valence-electron chi connectivity index (χ0n) is 18.1. The maximum absolute atomic E-state index is 13.2. The van der Waals surface area contributed by atoms with Gasteiger partial charge >= 0.3 is 6.18 Å². The maximum atomic E-state index is 13.2. The molecule has 0 radical (unpaired) electrons. The van der Waals surface area contributed by atoms with Gasteiger partial charge in [-0.25, -0.2) is 14.4 Å². The Morgan fingerprint density at radius 3 is 2.60 bits per heavy atom. The van der Waals surface area contributed by atoms with Crippen molar-refractivity contribution in [3.8, 4) is 5.75 Å². The van der Waals surface area contributed by atoms with E-state index >= 15 is 0 Å². The number of halogens is 5. The van der Waals surface area contributed by atoms with Crippen molar-refractivity contribution >= 4 is 40.2 Å². The summed E-state index contributed by atoms with van der Waals surface area (Å²) < 4.78 is 60.7. The lowest BCUT2D eigenvalue weighted by Crippen LogP contribution is -2.23. The van der Waals surface area contributed by atoms with Crippen molar-refractivity contribution in [1.29, 1.82) is 0 Å². The first-order valence-corrected chi connectivity index (χ1v) is 10.1. The number of aryl methyl sites for hydroxylation is 2. The predicted molar refractivity (Wildman–Crippen MR) is 120 cm³/mol. The summed E-state index contributed by atoms with van der Waals surface area (Å²) in [5.41, 5.74) is 4.20. The molecule has 0 amide bonds. The van der Waals surface area contributed by atoms with Crippen LogP contribution in [-0.4, -0.2) is 24.1 Å². The van der Waals surface area contributed by atoms with Crippen molar-refractivity contribution in [2.24, 2.45) is 19.8 Å². The Morgan fingerprint density at radius 1 is 1.23 bits per heavy atom. The second kappa shape index (κ2) is 8.91. The van der Waals surface area contributed by atoms with Crippen LogP contribution >= 0.6 is 11.6 Å². The molecule has 0 aliphatic heterocycles. The number of hydrogen-bond donors (Lipinski definition) is 2. The van der Waals surface area contributed by atoms with Gasteiger partial charge in [0.2, 0.25) is 5.95 Å². The summed E-state index contributed by atoms with van der Waals surface area (Å²) in [5, 5.41) is 2.67. The highest BCUT2D eigenvalue weighted by Gasteiger charge is 2.32. The number of rotatable bonds is 5. The molecule has 0 unspecified atom stereocenters. The SMILES string of the molecule is Cn1cc(C(F)(F)F)cc(Nc2nc3ncc(OC(=CN)c4ccc(F)cn4)c(Cl)c3n2C)c1=O. The fourth-order valence-corrected chi connectivity index (χ4v) is 3.48. The number of ether oxygens (including phenoxy) is 1. The monoisotopic (exact) mass is 509 g/mol. The van der Waals surface area contributed by atoms with E-state index in [2.05, 4.69) is 20.3 Å². The highest BCUT2D eigenvalue weighted by atomic mass is 35.5. The molecule has 0 aromatic carbocycles. The highest BCUT2D eigenvalue weighted by molar-refractivity contribution is 6.36. The zero-order chi connectivity index (χ0) is 25.5. The van der Waals surface area contributed by atoms with Gasteiger partial charge in [-0.3, -0.25) is 4.79 Å². The van der Waals surface area contributed by atoms with Gasteiger partial charge in [0.05, 0.1) is 18.0 Å².